The van der Waals surface area contributed by atoms with E-state index in [1.54, 1.807) is 0 Å². The first-order chi connectivity index (χ1) is 7.68. The molecule has 0 bridgehead atoms. The number of rotatable bonds is 2. The molecule has 86 valence electrons. The van der Waals surface area contributed by atoms with Crippen molar-refractivity contribution in [1.29, 1.82) is 0 Å². The Morgan fingerprint density at radius 1 is 1.38 bits per heavy atom. The molecule has 1 aliphatic rings. The lowest BCUT2D eigenvalue weighted by molar-refractivity contribution is 0.0545. The molecule has 0 unspecified atom stereocenters. The number of hydrogen-bond acceptors (Lipinski definition) is 3. The second-order valence-corrected chi connectivity index (χ2v) is 4.34. The second-order valence-electron chi connectivity index (χ2n) is 4.34. The lowest BCUT2D eigenvalue weighted by Crippen LogP contribution is -2.24. The smallest absolute Gasteiger partial charge is 0.168 e. The predicted molar refractivity (Wildman–Crippen MR) is 63.5 cm³/mol. The van der Waals surface area contributed by atoms with Gasteiger partial charge in [-0.2, -0.15) is 0 Å². The Morgan fingerprint density at radius 2 is 2.06 bits per heavy atom. The molecule has 0 aromatic heterocycles. The zero-order valence-electron chi connectivity index (χ0n) is 9.53. The number of ketones is 1. The molecule has 2 rings (SSSR count). The summed E-state index contributed by atoms with van der Waals surface area (Å²) >= 11 is 0. The van der Waals surface area contributed by atoms with Gasteiger partial charge in [-0.3, -0.25) is 4.79 Å². The van der Waals surface area contributed by atoms with Crippen LogP contribution in [-0.4, -0.2) is 19.0 Å². The second kappa shape index (κ2) is 4.66. The molecule has 0 radical (unpaired) electrons. The van der Waals surface area contributed by atoms with Crippen molar-refractivity contribution in [2.45, 2.75) is 19.8 Å². The highest BCUT2D eigenvalue weighted by atomic mass is 16.5. The molecule has 1 aliphatic heterocycles. The van der Waals surface area contributed by atoms with E-state index in [1.165, 1.54) is 0 Å². The summed E-state index contributed by atoms with van der Waals surface area (Å²) in [4.78, 5) is 12.2. The van der Waals surface area contributed by atoms with E-state index >= 15 is 0 Å². The summed E-state index contributed by atoms with van der Waals surface area (Å²) in [6.07, 6.45) is 1.62. The predicted octanol–water partition coefficient (Wildman–Crippen LogP) is 2.19. The number of hydrogen-bond donors (Lipinski definition) is 1. The van der Waals surface area contributed by atoms with Crippen molar-refractivity contribution in [3.63, 3.8) is 0 Å². The number of carbonyl (C=O) groups excluding carboxylic acids is 1. The number of ether oxygens (including phenoxy) is 1. The van der Waals surface area contributed by atoms with Crippen molar-refractivity contribution in [2.24, 2.45) is 5.92 Å². The van der Waals surface area contributed by atoms with Gasteiger partial charge in [-0.25, -0.2) is 0 Å². The van der Waals surface area contributed by atoms with Gasteiger partial charge >= 0.3 is 0 Å². The van der Waals surface area contributed by atoms with Crippen molar-refractivity contribution in [1.82, 2.24) is 0 Å². The Bertz CT molecular complexity index is 395. The van der Waals surface area contributed by atoms with Gasteiger partial charge in [0.15, 0.2) is 5.78 Å². The number of carbonyl (C=O) groups is 1. The number of benzene rings is 1. The lowest BCUT2D eigenvalue weighted by atomic mass is 9.90. The molecular weight excluding hydrogens is 202 g/mol. The Labute approximate surface area is 95.6 Å². The first-order valence-corrected chi connectivity index (χ1v) is 5.66. The molecule has 1 heterocycles. The molecule has 0 saturated carbocycles. The van der Waals surface area contributed by atoms with Crippen molar-refractivity contribution < 1.29 is 9.53 Å². The third-order valence-corrected chi connectivity index (χ3v) is 3.06. The summed E-state index contributed by atoms with van der Waals surface area (Å²) in [5.41, 5.74) is 8.22. The maximum atomic E-state index is 12.2. The summed E-state index contributed by atoms with van der Waals surface area (Å²) in [6.45, 7) is 3.34. The van der Waals surface area contributed by atoms with E-state index in [-0.39, 0.29) is 11.7 Å². The first kappa shape index (κ1) is 11.1. The minimum atomic E-state index is 0.0822. The number of nitrogen functional groups attached to an aromatic ring is 1. The number of aryl methyl sites for hydroxylation is 1. The average Bonchev–Trinajstić information content (AvgIpc) is 2.29. The van der Waals surface area contributed by atoms with E-state index in [9.17, 15) is 4.79 Å². The normalized spacial score (nSPS) is 17.3. The summed E-state index contributed by atoms with van der Waals surface area (Å²) < 4.78 is 5.25. The van der Waals surface area contributed by atoms with Crippen LogP contribution in [0.5, 0.6) is 0 Å². The van der Waals surface area contributed by atoms with Crippen LogP contribution in [0.2, 0.25) is 0 Å². The van der Waals surface area contributed by atoms with Crippen LogP contribution in [0.1, 0.15) is 28.8 Å². The Kier molecular flexibility index (Phi) is 3.25. The third-order valence-electron chi connectivity index (χ3n) is 3.06. The molecular formula is C13H17NO2. The van der Waals surface area contributed by atoms with Gasteiger partial charge in [0.05, 0.1) is 0 Å². The van der Waals surface area contributed by atoms with Gasteiger partial charge in [-0.05, 0) is 37.5 Å². The largest absolute Gasteiger partial charge is 0.398 e. The summed E-state index contributed by atoms with van der Waals surface area (Å²) in [7, 11) is 0. The van der Waals surface area contributed by atoms with Gasteiger partial charge in [-0.15, -0.1) is 0 Å². The monoisotopic (exact) mass is 219 g/mol. The van der Waals surface area contributed by atoms with Crippen molar-refractivity contribution in [3.8, 4) is 0 Å². The molecule has 0 spiro atoms. The molecule has 0 amide bonds. The van der Waals surface area contributed by atoms with Crippen molar-refractivity contribution in [2.75, 3.05) is 18.9 Å². The van der Waals surface area contributed by atoms with Crippen LogP contribution in [0.15, 0.2) is 18.2 Å². The van der Waals surface area contributed by atoms with Crippen LogP contribution >= 0.6 is 0 Å². The lowest BCUT2D eigenvalue weighted by Gasteiger charge is -2.21. The fourth-order valence-electron chi connectivity index (χ4n) is 2.09. The zero-order chi connectivity index (χ0) is 11.5. The van der Waals surface area contributed by atoms with Crippen LogP contribution in [0.25, 0.3) is 0 Å². The summed E-state index contributed by atoms with van der Waals surface area (Å²) in [5.74, 6) is 0.250. The topological polar surface area (TPSA) is 52.3 Å². The minimum absolute atomic E-state index is 0.0822. The first-order valence-electron chi connectivity index (χ1n) is 5.66. The van der Waals surface area contributed by atoms with Gasteiger partial charge in [-0.1, -0.05) is 6.07 Å². The number of nitrogens with two attached hydrogens (primary N) is 1. The quantitative estimate of drug-likeness (QED) is 0.612. The number of Topliss-reactive ketones (excluding diaryl/α,β-unsaturated/α-hetero) is 1. The van der Waals surface area contributed by atoms with E-state index in [1.807, 2.05) is 25.1 Å². The van der Waals surface area contributed by atoms with Crippen molar-refractivity contribution >= 4 is 11.5 Å². The fraction of sp³-hybridized carbons (Fsp3) is 0.462. The average molecular weight is 219 g/mol. The highest BCUT2D eigenvalue weighted by Crippen LogP contribution is 2.23. The highest BCUT2D eigenvalue weighted by Gasteiger charge is 2.23. The van der Waals surface area contributed by atoms with Gasteiger partial charge in [0.25, 0.3) is 0 Å². The number of anilines is 1. The van der Waals surface area contributed by atoms with Gasteiger partial charge in [0.1, 0.15) is 0 Å². The minimum Gasteiger partial charge on any atom is -0.398 e. The molecule has 16 heavy (non-hydrogen) atoms. The van der Waals surface area contributed by atoms with Gasteiger partial charge < -0.3 is 10.5 Å². The summed E-state index contributed by atoms with van der Waals surface area (Å²) in [5, 5.41) is 0. The van der Waals surface area contributed by atoms with Crippen molar-refractivity contribution in [3.05, 3.63) is 29.3 Å². The maximum Gasteiger partial charge on any atom is 0.168 e. The Morgan fingerprint density at radius 3 is 2.69 bits per heavy atom. The molecule has 1 aromatic rings. The van der Waals surface area contributed by atoms with Crippen LogP contribution < -0.4 is 5.73 Å². The van der Waals surface area contributed by atoms with Gasteiger partial charge in [0, 0.05) is 30.4 Å². The molecule has 3 heteroatoms. The van der Waals surface area contributed by atoms with Gasteiger partial charge in [0.2, 0.25) is 0 Å². The van der Waals surface area contributed by atoms with Crippen LogP contribution in [-0.2, 0) is 4.74 Å². The zero-order valence-corrected chi connectivity index (χ0v) is 9.53. The highest BCUT2D eigenvalue weighted by molar-refractivity contribution is 6.02. The molecule has 3 nitrogen and oxygen atoms in total. The van der Waals surface area contributed by atoms with E-state index in [0.29, 0.717) is 24.5 Å². The summed E-state index contributed by atoms with van der Waals surface area (Å²) in [6, 6.07) is 5.62. The molecule has 1 saturated heterocycles. The Balaban J connectivity index is 2.19. The van der Waals surface area contributed by atoms with E-state index in [2.05, 4.69) is 0 Å². The fourth-order valence-corrected chi connectivity index (χ4v) is 2.09. The standard InChI is InChI=1S/C13H17NO2/c1-9-2-3-11(12(14)8-9)13(15)10-4-6-16-7-5-10/h2-3,8,10H,4-7,14H2,1H3. The molecule has 0 aliphatic carbocycles. The third kappa shape index (κ3) is 2.25. The van der Waals surface area contributed by atoms with Crippen LogP contribution in [0, 0.1) is 12.8 Å². The molecule has 1 aromatic carbocycles. The maximum absolute atomic E-state index is 12.2. The Hall–Kier alpha value is -1.35. The van der Waals surface area contributed by atoms with Crippen LogP contribution in [0.4, 0.5) is 5.69 Å². The molecule has 2 N–H and O–H groups in total. The van der Waals surface area contributed by atoms with Crippen LogP contribution in [0.3, 0.4) is 0 Å². The van der Waals surface area contributed by atoms with E-state index in [4.69, 9.17) is 10.5 Å². The molecule has 0 atom stereocenters. The SMILES string of the molecule is Cc1ccc(C(=O)C2CCOCC2)c(N)c1. The molecule has 1 fully saturated rings. The van der Waals surface area contributed by atoms with E-state index < -0.39 is 0 Å². The van der Waals surface area contributed by atoms with E-state index in [0.717, 1.165) is 18.4 Å².